The van der Waals surface area contributed by atoms with E-state index in [0.717, 1.165) is 5.56 Å². The summed E-state index contributed by atoms with van der Waals surface area (Å²) in [5.41, 5.74) is 2.39. The van der Waals surface area contributed by atoms with E-state index in [9.17, 15) is 0 Å². The van der Waals surface area contributed by atoms with Crippen molar-refractivity contribution in [2.75, 3.05) is 7.11 Å². The summed E-state index contributed by atoms with van der Waals surface area (Å²) in [6, 6.07) is 8.22. The van der Waals surface area contributed by atoms with E-state index in [1.165, 1.54) is 5.56 Å². The number of hydrogen-bond acceptors (Lipinski definition) is 1. The quantitative estimate of drug-likeness (QED) is 0.616. The largest absolute Gasteiger partial charge is 0.378 e. The summed E-state index contributed by atoms with van der Waals surface area (Å²) < 4.78 is 5.22. The molecule has 1 unspecified atom stereocenters. The van der Waals surface area contributed by atoms with Crippen LogP contribution in [0.5, 0.6) is 0 Å². The molecule has 0 aromatic heterocycles. The molecule has 0 saturated heterocycles. The lowest BCUT2D eigenvalue weighted by atomic mass is 9.93. The van der Waals surface area contributed by atoms with E-state index in [0.29, 0.717) is 6.32 Å². The van der Waals surface area contributed by atoms with Crippen molar-refractivity contribution in [2.45, 2.75) is 19.3 Å². The Morgan fingerprint density at radius 2 is 2.25 bits per heavy atom. The van der Waals surface area contributed by atoms with Gasteiger partial charge in [-0.1, -0.05) is 36.1 Å². The zero-order valence-electron chi connectivity index (χ0n) is 7.58. The van der Waals surface area contributed by atoms with Crippen LogP contribution in [-0.2, 0) is 4.74 Å². The highest BCUT2D eigenvalue weighted by molar-refractivity contribution is 6.08. The van der Waals surface area contributed by atoms with Crippen LogP contribution in [0.15, 0.2) is 24.3 Å². The molecular weight excluding hydrogens is 147 g/mol. The number of methoxy groups -OCH3 is 1. The highest BCUT2D eigenvalue weighted by Crippen LogP contribution is 2.19. The van der Waals surface area contributed by atoms with Gasteiger partial charge >= 0.3 is 0 Å². The van der Waals surface area contributed by atoms with E-state index < -0.39 is 0 Å². The molecule has 0 amide bonds. The molecule has 12 heavy (non-hydrogen) atoms. The molecule has 0 aliphatic carbocycles. The Balaban J connectivity index is 2.85. The van der Waals surface area contributed by atoms with Crippen LogP contribution in [0, 0.1) is 6.92 Å². The average molecular weight is 160 g/mol. The third-order valence-electron chi connectivity index (χ3n) is 1.91. The number of rotatable bonds is 3. The van der Waals surface area contributed by atoms with E-state index in [2.05, 4.69) is 19.1 Å². The Kier molecular flexibility index (Phi) is 3.36. The molecule has 1 nitrogen and oxygen atoms in total. The Hall–Kier alpha value is -0.755. The van der Waals surface area contributed by atoms with Crippen molar-refractivity contribution in [1.82, 2.24) is 0 Å². The Bertz CT molecular complexity index is 243. The summed E-state index contributed by atoms with van der Waals surface area (Å²) in [4.78, 5) is 0. The SMILES string of the molecule is [B]CC(OC)c1cccc(C)c1. The topological polar surface area (TPSA) is 9.23 Å². The Morgan fingerprint density at radius 1 is 1.50 bits per heavy atom. The molecule has 0 spiro atoms. The van der Waals surface area contributed by atoms with Crippen LogP contribution in [0.3, 0.4) is 0 Å². The molecule has 62 valence electrons. The van der Waals surface area contributed by atoms with Crippen LogP contribution >= 0.6 is 0 Å². The number of aryl methyl sites for hydroxylation is 1. The minimum atomic E-state index is 0.0323. The Morgan fingerprint density at radius 3 is 2.75 bits per heavy atom. The second kappa shape index (κ2) is 4.32. The number of benzene rings is 1. The van der Waals surface area contributed by atoms with Gasteiger partial charge in [-0.15, -0.1) is 0 Å². The summed E-state index contributed by atoms with van der Waals surface area (Å²) in [5.74, 6) is 0. The fraction of sp³-hybridized carbons (Fsp3) is 0.400. The number of hydrogen-bond donors (Lipinski definition) is 0. The van der Waals surface area contributed by atoms with Crippen molar-refractivity contribution < 1.29 is 4.74 Å². The second-order valence-electron chi connectivity index (χ2n) is 2.87. The minimum absolute atomic E-state index is 0.0323. The summed E-state index contributed by atoms with van der Waals surface area (Å²) in [5, 5.41) is 0. The molecule has 2 heteroatoms. The van der Waals surface area contributed by atoms with E-state index in [4.69, 9.17) is 12.6 Å². The first-order valence-electron chi connectivity index (χ1n) is 4.07. The molecule has 1 aromatic rings. The lowest BCUT2D eigenvalue weighted by Gasteiger charge is -2.13. The molecule has 2 radical (unpaired) electrons. The molecule has 0 saturated carbocycles. The zero-order valence-corrected chi connectivity index (χ0v) is 7.58. The first-order chi connectivity index (χ1) is 5.77. The third-order valence-corrected chi connectivity index (χ3v) is 1.91. The van der Waals surface area contributed by atoms with Crippen LogP contribution in [0.4, 0.5) is 0 Å². The molecule has 1 atom stereocenters. The maximum absolute atomic E-state index is 5.54. The molecule has 1 rings (SSSR count). The fourth-order valence-electron chi connectivity index (χ4n) is 1.24. The fourth-order valence-corrected chi connectivity index (χ4v) is 1.24. The van der Waals surface area contributed by atoms with Crippen molar-refractivity contribution in [1.29, 1.82) is 0 Å². The summed E-state index contributed by atoms with van der Waals surface area (Å²) in [7, 11) is 7.22. The van der Waals surface area contributed by atoms with E-state index >= 15 is 0 Å². The van der Waals surface area contributed by atoms with Crippen LogP contribution < -0.4 is 0 Å². The van der Waals surface area contributed by atoms with Gasteiger partial charge in [-0.3, -0.25) is 0 Å². The van der Waals surface area contributed by atoms with Gasteiger partial charge in [0.2, 0.25) is 0 Å². The zero-order chi connectivity index (χ0) is 8.97. The van der Waals surface area contributed by atoms with Gasteiger partial charge < -0.3 is 4.74 Å². The molecule has 0 aliphatic rings. The third kappa shape index (κ3) is 2.11. The van der Waals surface area contributed by atoms with Gasteiger partial charge in [-0.25, -0.2) is 0 Å². The summed E-state index contributed by atoms with van der Waals surface area (Å²) in [6.45, 7) is 2.06. The van der Waals surface area contributed by atoms with Crippen molar-refractivity contribution in [3.63, 3.8) is 0 Å². The first kappa shape index (κ1) is 9.33. The van der Waals surface area contributed by atoms with Crippen LogP contribution in [0.25, 0.3) is 0 Å². The minimum Gasteiger partial charge on any atom is -0.378 e. The highest BCUT2D eigenvalue weighted by atomic mass is 16.5. The van der Waals surface area contributed by atoms with Gasteiger partial charge in [0.15, 0.2) is 0 Å². The van der Waals surface area contributed by atoms with E-state index in [1.807, 2.05) is 12.1 Å². The van der Waals surface area contributed by atoms with Gasteiger partial charge in [-0.2, -0.15) is 0 Å². The molecule has 0 fully saturated rings. The maximum atomic E-state index is 5.54. The first-order valence-corrected chi connectivity index (χ1v) is 4.07. The second-order valence-corrected chi connectivity index (χ2v) is 2.87. The van der Waals surface area contributed by atoms with Crippen LogP contribution in [0.1, 0.15) is 17.2 Å². The maximum Gasteiger partial charge on any atom is 0.0744 e. The molecule has 0 N–H and O–H groups in total. The smallest absolute Gasteiger partial charge is 0.0744 e. The average Bonchev–Trinajstić information content (AvgIpc) is 2.07. The molecule has 0 aliphatic heterocycles. The van der Waals surface area contributed by atoms with Gasteiger partial charge in [0.05, 0.1) is 14.0 Å². The summed E-state index contributed by atoms with van der Waals surface area (Å²) in [6.07, 6.45) is 0.560. The molecular formula is C10H13BO. The predicted molar refractivity (Wildman–Crippen MR) is 51.5 cm³/mol. The normalized spacial score (nSPS) is 12.8. The lowest BCUT2D eigenvalue weighted by Crippen LogP contribution is -2.00. The van der Waals surface area contributed by atoms with Crippen LogP contribution in [-0.4, -0.2) is 15.0 Å². The highest BCUT2D eigenvalue weighted by Gasteiger charge is 2.05. The molecule has 0 bridgehead atoms. The summed E-state index contributed by atoms with van der Waals surface area (Å²) >= 11 is 0. The van der Waals surface area contributed by atoms with Gasteiger partial charge in [-0.05, 0) is 12.5 Å². The van der Waals surface area contributed by atoms with Crippen molar-refractivity contribution in [3.8, 4) is 0 Å². The van der Waals surface area contributed by atoms with Gasteiger partial charge in [0.25, 0.3) is 0 Å². The lowest BCUT2D eigenvalue weighted by molar-refractivity contribution is 0.120. The van der Waals surface area contributed by atoms with Crippen molar-refractivity contribution >= 4 is 7.85 Å². The van der Waals surface area contributed by atoms with Gasteiger partial charge in [0, 0.05) is 7.11 Å². The molecule has 0 heterocycles. The van der Waals surface area contributed by atoms with Gasteiger partial charge in [0.1, 0.15) is 0 Å². The Labute approximate surface area is 75.2 Å². The monoisotopic (exact) mass is 160 g/mol. The van der Waals surface area contributed by atoms with E-state index in [1.54, 1.807) is 7.11 Å². The standard InChI is InChI=1S/C10H13BO/c1-8-4-3-5-9(6-8)10(7-11)12-2/h3-6,10H,7H2,1-2H3. The number of ether oxygens (including phenoxy) is 1. The predicted octanol–water partition coefficient (Wildman–Crippen LogP) is 2.27. The van der Waals surface area contributed by atoms with Crippen molar-refractivity contribution in [3.05, 3.63) is 35.4 Å². The molecule has 1 aromatic carbocycles. The van der Waals surface area contributed by atoms with Crippen molar-refractivity contribution in [2.24, 2.45) is 0 Å². The van der Waals surface area contributed by atoms with E-state index in [-0.39, 0.29) is 6.10 Å². The van der Waals surface area contributed by atoms with Crippen LogP contribution in [0.2, 0.25) is 6.32 Å².